The third-order valence-corrected chi connectivity index (χ3v) is 8.23. The predicted octanol–water partition coefficient (Wildman–Crippen LogP) is 0.912. The van der Waals surface area contributed by atoms with Crippen molar-refractivity contribution < 1.29 is 44.3 Å². The molecule has 4 rings (SSSR count). The molecule has 7 N–H and O–H groups in total. The van der Waals surface area contributed by atoms with Crippen LogP contribution in [-0.2, 0) is 32.1 Å². The Balaban J connectivity index is 1.86. The number of phenolic OH excluding ortho intramolecular Hbond substituents is 1. The molecule has 3 aliphatic rings. The maximum absolute atomic E-state index is 14.0. The number of likely N-dealkylation sites (N-methyl/N-ethyl adjacent to an activating group) is 1. The standard InChI is InChI=1S/C29H38N4O9/c1-12(2)11-42-28(40)31-10-14-9-17(32(3)4)15-7-13-8-16-21(33(5)6)24(36)20(27(30)39)26(38)29(16,41)25(37)18(13)23(35)19(15)22(14)34/h9,12-13,16,21,34-35,38,41H,7-8,10-11H2,1-6H3,(H2,30,39)(H,31,40)/t13-,16-,21-,29-/m1/s1. The van der Waals surface area contributed by atoms with Gasteiger partial charge in [-0.25, -0.2) is 4.79 Å². The monoisotopic (exact) mass is 586 g/mol. The second-order valence-electron chi connectivity index (χ2n) is 12.0. The van der Waals surface area contributed by atoms with E-state index >= 15 is 0 Å². The number of amides is 2. The van der Waals surface area contributed by atoms with Crippen LogP contribution in [0.15, 0.2) is 23.0 Å². The number of anilines is 1. The molecule has 0 aromatic heterocycles. The van der Waals surface area contributed by atoms with E-state index in [1.165, 1.54) is 4.90 Å². The van der Waals surface area contributed by atoms with Crippen LogP contribution in [0.2, 0.25) is 0 Å². The van der Waals surface area contributed by atoms with Gasteiger partial charge in [-0.05, 0) is 50.4 Å². The van der Waals surface area contributed by atoms with Crippen LogP contribution in [0.5, 0.6) is 5.75 Å². The summed E-state index contributed by atoms with van der Waals surface area (Å²) in [7, 11) is 6.61. The van der Waals surface area contributed by atoms with Crippen molar-refractivity contribution in [3.63, 3.8) is 0 Å². The number of benzene rings is 1. The molecule has 1 saturated carbocycles. The van der Waals surface area contributed by atoms with Crippen molar-refractivity contribution in [2.45, 2.75) is 44.9 Å². The van der Waals surface area contributed by atoms with Crippen LogP contribution in [0.25, 0.3) is 5.76 Å². The number of fused-ring (bicyclic) bond motifs is 3. The quantitative estimate of drug-likeness (QED) is 0.248. The molecule has 42 heavy (non-hydrogen) atoms. The lowest BCUT2D eigenvalue weighted by Gasteiger charge is -2.50. The summed E-state index contributed by atoms with van der Waals surface area (Å²) in [5, 5.41) is 48.1. The summed E-state index contributed by atoms with van der Waals surface area (Å²) in [6.45, 7) is 3.82. The third kappa shape index (κ3) is 4.75. The van der Waals surface area contributed by atoms with E-state index in [-0.39, 0.29) is 54.4 Å². The fourth-order valence-corrected chi connectivity index (χ4v) is 6.34. The molecule has 13 heteroatoms. The van der Waals surface area contributed by atoms with Gasteiger partial charge in [0.2, 0.25) is 5.78 Å². The summed E-state index contributed by atoms with van der Waals surface area (Å²) < 4.78 is 5.13. The van der Waals surface area contributed by atoms with Gasteiger partial charge in [-0.15, -0.1) is 0 Å². The van der Waals surface area contributed by atoms with Crippen molar-refractivity contribution in [3.8, 4) is 5.75 Å². The molecule has 3 aliphatic carbocycles. The first-order valence-electron chi connectivity index (χ1n) is 13.6. The van der Waals surface area contributed by atoms with E-state index in [2.05, 4.69) is 5.32 Å². The van der Waals surface area contributed by atoms with Crippen molar-refractivity contribution in [1.29, 1.82) is 0 Å². The summed E-state index contributed by atoms with van der Waals surface area (Å²) in [6, 6.07) is 0.504. The number of phenols is 1. The molecule has 0 heterocycles. The molecule has 13 nitrogen and oxygen atoms in total. The Kier molecular flexibility index (Phi) is 8.04. The Morgan fingerprint density at radius 3 is 2.36 bits per heavy atom. The normalized spacial score (nSPS) is 25.3. The zero-order valence-corrected chi connectivity index (χ0v) is 24.5. The number of hydrogen-bond acceptors (Lipinski definition) is 11. The van der Waals surface area contributed by atoms with Gasteiger partial charge in [0.1, 0.15) is 22.8 Å². The number of carbonyl (C=O) groups is 4. The van der Waals surface area contributed by atoms with Gasteiger partial charge in [0.05, 0.1) is 18.2 Å². The maximum Gasteiger partial charge on any atom is 0.407 e. The van der Waals surface area contributed by atoms with Crippen LogP contribution in [0.4, 0.5) is 10.5 Å². The summed E-state index contributed by atoms with van der Waals surface area (Å²) >= 11 is 0. The van der Waals surface area contributed by atoms with Gasteiger partial charge in [-0.1, -0.05) is 13.8 Å². The summed E-state index contributed by atoms with van der Waals surface area (Å²) in [4.78, 5) is 54.8. The first-order chi connectivity index (χ1) is 19.5. The number of ketones is 2. The largest absolute Gasteiger partial charge is 0.508 e. The lowest BCUT2D eigenvalue weighted by Crippen LogP contribution is -2.65. The van der Waals surface area contributed by atoms with Gasteiger partial charge >= 0.3 is 6.09 Å². The van der Waals surface area contributed by atoms with Crippen molar-refractivity contribution >= 4 is 35.0 Å². The number of Topliss-reactive ketones (excluding diaryl/α,β-unsaturated/α-hetero) is 2. The SMILES string of the molecule is CC(C)COC(=O)NCc1cc(N(C)C)c2c(c1O)C(O)=C1C(=O)[C@@]3(O)C(O)=C(C(N)=O)C(=O)[C@H](N(C)C)[C@H]3C[C@H]1C2. The number of nitrogens with two attached hydrogens (primary N) is 1. The van der Waals surface area contributed by atoms with Gasteiger partial charge in [0, 0.05) is 43.4 Å². The van der Waals surface area contributed by atoms with Crippen LogP contribution in [0.3, 0.4) is 0 Å². The molecule has 4 atom stereocenters. The Morgan fingerprint density at radius 2 is 1.81 bits per heavy atom. The van der Waals surface area contributed by atoms with Gasteiger partial charge < -0.3 is 41.1 Å². The number of aliphatic hydroxyl groups is 3. The molecule has 0 spiro atoms. The van der Waals surface area contributed by atoms with Gasteiger partial charge in [0.25, 0.3) is 5.91 Å². The van der Waals surface area contributed by atoms with Crippen LogP contribution < -0.4 is 16.0 Å². The number of ether oxygens (including phenoxy) is 1. The van der Waals surface area contributed by atoms with Crippen LogP contribution in [0, 0.1) is 17.8 Å². The van der Waals surface area contributed by atoms with Crippen molar-refractivity contribution in [2.24, 2.45) is 23.5 Å². The highest BCUT2D eigenvalue weighted by Crippen LogP contribution is 2.54. The van der Waals surface area contributed by atoms with Gasteiger partial charge in [-0.3, -0.25) is 19.3 Å². The number of rotatable bonds is 7. The van der Waals surface area contributed by atoms with Gasteiger partial charge in [0.15, 0.2) is 11.4 Å². The Hall–Kier alpha value is -4.10. The number of primary amides is 1. The lowest BCUT2D eigenvalue weighted by molar-refractivity contribution is -0.153. The van der Waals surface area contributed by atoms with E-state index < -0.39 is 64.1 Å². The fourth-order valence-electron chi connectivity index (χ4n) is 6.34. The summed E-state index contributed by atoms with van der Waals surface area (Å²) in [5.41, 5.74) is 2.85. The number of aliphatic hydroxyl groups excluding tert-OH is 2. The minimum atomic E-state index is -2.72. The zero-order valence-electron chi connectivity index (χ0n) is 24.5. The molecule has 228 valence electrons. The van der Waals surface area contributed by atoms with E-state index in [0.717, 1.165) is 0 Å². The summed E-state index contributed by atoms with van der Waals surface area (Å²) in [5.74, 6) is -7.05. The molecule has 1 aromatic carbocycles. The van der Waals surface area contributed by atoms with E-state index in [4.69, 9.17) is 10.5 Å². The minimum Gasteiger partial charge on any atom is -0.508 e. The van der Waals surface area contributed by atoms with E-state index in [1.54, 1.807) is 39.2 Å². The number of carbonyl (C=O) groups excluding carboxylic acids is 4. The smallest absolute Gasteiger partial charge is 0.407 e. The maximum atomic E-state index is 14.0. The molecule has 0 saturated heterocycles. The molecule has 1 aromatic rings. The van der Waals surface area contributed by atoms with Crippen LogP contribution >= 0.6 is 0 Å². The van der Waals surface area contributed by atoms with Crippen molar-refractivity contribution in [3.05, 3.63) is 39.7 Å². The predicted molar refractivity (Wildman–Crippen MR) is 152 cm³/mol. The average molecular weight is 587 g/mol. The second-order valence-corrected chi connectivity index (χ2v) is 12.0. The topological polar surface area (TPSA) is 203 Å². The first kappa shape index (κ1) is 30.8. The molecule has 0 bridgehead atoms. The molecular formula is C29H38N4O9. The highest BCUT2D eigenvalue weighted by molar-refractivity contribution is 6.24. The number of hydrogen-bond donors (Lipinski definition) is 6. The average Bonchev–Trinajstić information content (AvgIpc) is 2.88. The molecule has 1 fully saturated rings. The number of nitrogens with one attached hydrogen (secondary N) is 1. The summed E-state index contributed by atoms with van der Waals surface area (Å²) in [6.07, 6.45) is -0.551. The van der Waals surface area contributed by atoms with E-state index in [0.29, 0.717) is 11.3 Å². The van der Waals surface area contributed by atoms with E-state index in [9.17, 15) is 39.6 Å². The highest BCUT2D eigenvalue weighted by Gasteiger charge is 2.64. The number of nitrogens with zero attached hydrogens (tertiary/aromatic N) is 2. The fraction of sp³-hybridized carbons (Fsp3) is 0.517. The Labute approximate surface area is 243 Å². The van der Waals surface area contributed by atoms with Gasteiger partial charge in [-0.2, -0.15) is 0 Å². The number of aromatic hydroxyl groups is 1. The molecule has 0 radical (unpaired) electrons. The van der Waals surface area contributed by atoms with Crippen LogP contribution in [0.1, 0.15) is 37.0 Å². The Bertz CT molecular complexity index is 1430. The zero-order chi connectivity index (χ0) is 31.4. The molecular weight excluding hydrogens is 548 g/mol. The van der Waals surface area contributed by atoms with Crippen molar-refractivity contribution in [2.75, 3.05) is 39.7 Å². The van der Waals surface area contributed by atoms with Crippen LogP contribution in [-0.4, -0.2) is 95.3 Å². The first-order valence-corrected chi connectivity index (χ1v) is 13.6. The molecule has 0 aliphatic heterocycles. The molecule has 2 amide bonds. The highest BCUT2D eigenvalue weighted by atomic mass is 16.5. The Morgan fingerprint density at radius 1 is 1.17 bits per heavy atom. The lowest BCUT2D eigenvalue weighted by atomic mass is 9.57. The van der Waals surface area contributed by atoms with Crippen molar-refractivity contribution in [1.82, 2.24) is 10.2 Å². The minimum absolute atomic E-state index is 0.00953. The second kappa shape index (κ2) is 11.0. The van der Waals surface area contributed by atoms with E-state index in [1.807, 2.05) is 13.8 Å². The number of alkyl carbamates (subject to hydrolysis) is 1. The molecule has 0 unspecified atom stereocenters. The third-order valence-electron chi connectivity index (χ3n) is 8.23.